The molecule has 3 nitrogen and oxygen atoms in total. The Balaban J connectivity index is 1.82. The largest absolute Gasteiger partial charge is 0.324 e. The molecule has 4 heteroatoms. The molecule has 1 aliphatic carbocycles. The molecular weight excluding hydrogens is 265 g/mol. The number of anilines is 2. The minimum absolute atomic E-state index is 0.220. The van der Waals surface area contributed by atoms with Crippen molar-refractivity contribution in [2.45, 2.75) is 32.4 Å². The molecule has 1 saturated carbocycles. The van der Waals surface area contributed by atoms with Crippen LogP contribution in [0.1, 0.15) is 25.3 Å². The third-order valence-electron chi connectivity index (χ3n) is 3.72. The molecule has 1 fully saturated rings. The van der Waals surface area contributed by atoms with Gasteiger partial charge in [-0.25, -0.2) is 9.37 Å². The maximum atomic E-state index is 14.0. The normalized spacial score (nSPS) is 14.2. The number of rotatable bonds is 6. The van der Waals surface area contributed by atoms with Gasteiger partial charge in [0.2, 0.25) is 0 Å². The lowest BCUT2D eigenvalue weighted by Crippen LogP contribution is -2.20. The Morgan fingerprint density at radius 2 is 2.10 bits per heavy atom. The number of halogens is 1. The summed E-state index contributed by atoms with van der Waals surface area (Å²) in [5, 5.41) is 3.49. The van der Waals surface area contributed by atoms with E-state index in [1.807, 2.05) is 30.0 Å². The van der Waals surface area contributed by atoms with Crippen molar-refractivity contribution in [1.82, 2.24) is 10.3 Å². The van der Waals surface area contributed by atoms with Gasteiger partial charge in [-0.1, -0.05) is 12.1 Å². The first-order valence-corrected chi connectivity index (χ1v) is 7.48. The maximum Gasteiger partial charge on any atom is 0.146 e. The fourth-order valence-electron chi connectivity index (χ4n) is 2.39. The van der Waals surface area contributed by atoms with Crippen LogP contribution in [-0.2, 0) is 6.54 Å². The molecule has 0 amide bonds. The first-order chi connectivity index (χ1) is 10.3. The highest BCUT2D eigenvalue weighted by Crippen LogP contribution is 2.26. The van der Waals surface area contributed by atoms with Crippen molar-refractivity contribution < 1.29 is 4.39 Å². The van der Waals surface area contributed by atoms with E-state index in [-0.39, 0.29) is 5.82 Å². The van der Waals surface area contributed by atoms with Crippen LogP contribution in [0.25, 0.3) is 0 Å². The average Bonchev–Trinajstić information content (AvgIpc) is 3.33. The quantitative estimate of drug-likeness (QED) is 0.878. The van der Waals surface area contributed by atoms with E-state index < -0.39 is 0 Å². The Kier molecular flexibility index (Phi) is 4.15. The van der Waals surface area contributed by atoms with Gasteiger partial charge in [0, 0.05) is 25.3 Å². The molecule has 0 aliphatic heterocycles. The lowest BCUT2D eigenvalue weighted by atomic mass is 10.2. The minimum atomic E-state index is -0.220. The van der Waals surface area contributed by atoms with E-state index in [1.54, 1.807) is 18.3 Å². The third kappa shape index (κ3) is 3.39. The predicted octanol–water partition coefficient (Wildman–Crippen LogP) is 3.63. The SMILES string of the molecule is CCN(c1cc(CNC2CC2)ccn1)c1ccccc1F. The van der Waals surface area contributed by atoms with E-state index in [2.05, 4.69) is 10.3 Å². The summed E-state index contributed by atoms with van der Waals surface area (Å²) >= 11 is 0. The van der Waals surface area contributed by atoms with Crippen LogP contribution in [-0.4, -0.2) is 17.6 Å². The van der Waals surface area contributed by atoms with Crippen LogP contribution >= 0.6 is 0 Å². The molecule has 0 saturated heterocycles. The molecule has 1 aromatic carbocycles. The van der Waals surface area contributed by atoms with Crippen LogP contribution in [0.2, 0.25) is 0 Å². The number of pyridine rings is 1. The highest BCUT2D eigenvalue weighted by Gasteiger charge is 2.20. The second kappa shape index (κ2) is 6.22. The summed E-state index contributed by atoms with van der Waals surface area (Å²) < 4.78 is 14.0. The summed E-state index contributed by atoms with van der Waals surface area (Å²) in [6, 6.07) is 11.5. The fraction of sp³-hybridized carbons (Fsp3) is 0.353. The van der Waals surface area contributed by atoms with Gasteiger partial charge in [-0.05, 0) is 49.6 Å². The molecule has 3 rings (SSSR count). The van der Waals surface area contributed by atoms with E-state index >= 15 is 0 Å². The van der Waals surface area contributed by atoms with Gasteiger partial charge in [-0.15, -0.1) is 0 Å². The molecule has 2 aromatic rings. The van der Waals surface area contributed by atoms with Crippen LogP contribution in [0.4, 0.5) is 15.9 Å². The predicted molar refractivity (Wildman–Crippen MR) is 83.2 cm³/mol. The zero-order chi connectivity index (χ0) is 14.7. The first kappa shape index (κ1) is 14.0. The van der Waals surface area contributed by atoms with Crippen LogP contribution in [0, 0.1) is 5.82 Å². The first-order valence-electron chi connectivity index (χ1n) is 7.48. The number of para-hydroxylation sites is 1. The molecule has 0 unspecified atom stereocenters. The molecule has 21 heavy (non-hydrogen) atoms. The zero-order valence-corrected chi connectivity index (χ0v) is 12.2. The van der Waals surface area contributed by atoms with E-state index in [1.165, 1.54) is 24.5 Å². The molecule has 1 aromatic heterocycles. The standard InChI is InChI=1S/C17H20FN3/c1-2-21(16-6-4-3-5-15(16)18)17-11-13(9-10-19-17)12-20-14-7-8-14/h3-6,9-11,14,20H,2,7-8,12H2,1H3. The van der Waals surface area contributed by atoms with Crippen molar-refractivity contribution in [2.75, 3.05) is 11.4 Å². The number of nitrogens with zero attached hydrogens (tertiary/aromatic N) is 2. The second-order valence-electron chi connectivity index (χ2n) is 5.37. The summed E-state index contributed by atoms with van der Waals surface area (Å²) in [5.74, 6) is 0.570. The lowest BCUT2D eigenvalue weighted by Gasteiger charge is -2.23. The Morgan fingerprint density at radius 1 is 1.29 bits per heavy atom. The number of hydrogen-bond donors (Lipinski definition) is 1. The van der Waals surface area contributed by atoms with Gasteiger partial charge in [0.1, 0.15) is 11.6 Å². The molecular formula is C17H20FN3. The van der Waals surface area contributed by atoms with Crippen molar-refractivity contribution in [1.29, 1.82) is 0 Å². The zero-order valence-electron chi connectivity index (χ0n) is 12.2. The van der Waals surface area contributed by atoms with E-state index in [9.17, 15) is 4.39 Å². The van der Waals surface area contributed by atoms with Gasteiger partial charge in [-0.2, -0.15) is 0 Å². The van der Waals surface area contributed by atoms with E-state index in [0.717, 1.165) is 12.4 Å². The molecule has 0 spiro atoms. The van der Waals surface area contributed by atoms with Gasteiger partial charge >= 0.3 is 0 Å². The summed E-state index contributed by atoms with van der Waals surface area (Å²) in [4.78, 5) is 6.30. The van der Waals surface area contributed by atoms with Crippen LogP contribution < -0.4 is 10.2 Å². The lowest BCUT2D eigenvalue weighted by molar-refractivity contribution is 0.625. The van der Waals surface area contributed by atoms with E-state index in [4.69, 9.17) is 0 Å². The summed E-state index contributed by atoms with van der Waals surface area (Å²) in [7, 11) is 0. The third-order valence-corrected chi connectivity index (χ3v) is 3.72. The number of hydrogen-bond acceptors (Lipinski definition) is 3. The molecule has 110 valence electrons. The molecule has 1 N–H and O–H groups in total. The van der Waals surface area contributed by atoms with Gasteiger partial charge < -0.3 is 10.2 Å². The summed E-state index contributed by atoms with van der Waals surface area (Å²) in [5.41, 5.74) is 1.75. The van der Waals surface area contributed by atoms with Crippen molar-refractivity contribution in [3.63, 3.8) is 0 Å². The number of benzene rings is 1. The Morgan fingerprint density at radius 3 is 2.81 bits per heavy atom. The molecule has 0 radical (unpaired) electrons. The van der Waals surface area contributed by atoms with Gasteiger partial charge in [0.15, 0.2) is 0 Å². The minimum Gasteiger partial charge on any atom is -0.324 e. The van der Waals surface area contributed by atoms with Crippen LogP contribution in [0.15, 0.2) is 42.6 Å². The van der Waals surface area contributed by atoms with Crippen LogP contribution in [0.5, 0.6) is 0 Å². The second-order valence-corrected chi connectivity index (χ2v) is 5.37. The Hall–Kier alpha value is -1.94. The van der Waals surface area contributed by atoms with Crippen molar-refractivity contribution in [3.05, 3.63) is 54.0 Å². The van der Waals surface area contributed by atoms with Gasteiger partial charge in [0.05, 0.1) is 5.69 Å². The Labute approximate surface area is 124 Å². The van der Waals surface area contributed by atoms with Gasteiger partial charge in [0.25, 0.3) is 0 Å². The fourth-order valence-corrected chi connectivity index (χ4v) is 2.39. The molecule has 1 heterocycles. The average molecular weight is 285 g/mol. The van der Waals surface area contributed by atoms with Gasteiger partial charge in [-0.3, -0.25) is 0 Å². The van der Waals surface area contributed by atoms with Crippen molar-refractivity contribution in [2.24, 2.45) is 0 Å². The monoisotopic (exact) mass is 285 g/mol. The summed E-state index contributed by atoms with van der Waals surface area (Å²) in [6.07, 6.45) is 4.34. The topological polar surface area (TPSA) is 28.2 Å². The molecule has 0 atom stereocenters. The van der Waals surface area contributed by atoms with Crippen LogP contribution in [0.3, 0.4) is 0 Å². The summed E-state index contributed by atoms with van der Waals surface area (Å²) in [6.45, 7) is 3.52. The maximum absolute atomic E-state index is 14.0. The van der Waals surface area contributed by atoms with Crippen molar-refractivity contribution >= 4 is 11.5 Å². The Bertz CT molecular complexity index is 610. The van der Waals surface area contributed by atoms with E-state index in [0.29, 0.717) is 18.3 Å². The number of aromatic nitrogens is 1. The molecule has 1 aliphatic rings. The van der Waals surface area contributed by atoms with Crippen molar-refractivity contribution in [3.8, 4) is 0 Å². The highest BCUT2D eigenvalue weighted by atomic mass is 19.1. The molecule has 0 bridgehead atoms. The highest BCUT2D eigenvalue weighted by molar-refractivity contribution is 5.60. The smallest absolute Gasteiger partial charge is 0.146 e. The number of nitrogens with one attached hydrogen (secondary N) is 1.